The van der Waals surface area contributed by atoms with Gasteiger partial charge in [0.05, 0.1) is 0 Å². The molecule has 0 radical (unpaired) electrons. The van der Waals surface area contributed by atoms with E-state index in [4.69, 9.17) is 4.74 Å². The molecule has 1 aliphatic heterocycles. The summed E-state index contributed by atoms with van der Waals surface area (Å²) >= 11 is 0. The molecule has 172 valence electrons. The minimum absolute atomic E-state index is 0.0882. The number of piperazine rings is 1. The lowest BCUT2D eigenvalue weighted by Crippen LogP contribution is -2.48. The Morgan fingerprint density at radius 2 is 1.70 bits per heavy atom. The maximum Gasteiger partial charge on any atom is 0.251 e. The van der Waals surface area contributed by atoms with E-state index in [0.717, 1.165) is 37.3 Å². The predicted molar refractivity (Wildman–Crippen MR) is 132 cm³/mol. The average molecular weight is 445 g/mol. The Balaban J connectivity index is 1.27. The van der Waals surface area contributed by atoms with E-state index in [1.54, 1.807) is 6.20 Å². The van der Waals surface area contributed by atoms with E-state index in [0.29, 0.717) is 30.6 Å². The van der Waals surface area contributed by atoms with Crippen LogP contribution in [0.2, 0.25) is 0 Å². The summed E-state index contributed by atoms with van der Waals surface area (Å²) in [6.45, 7) is 9.54. The van der Waals surface area contributed by atoms with Crippen molar-refractivity contribution in [1.29, 1.82) is 0 Å². The number of rotatable bonds is 8. The zero-order valence-corrected chi connectivity index (χ0v) is 19.4. The van der Waals surface area contributed by atoms with E-state index < -0.39 is 0 Å². The molecule has 3 aromatic rings. The third-order valence-electron chi connectivity index (χ3n) is 6.02. The molecule has 0 aliphatic carbocycles. The third kappa shape index (κ3) is 6.33. The van der Waals surface area contributed by atoms with Crippen molar-refractivity contribution >= 4 is 11.6 Å². The monoisotopic (exact) mass is 444 g/mol. The minimum Gasteiger partial charge on any atom is -0.473 e. The van der Waals surface area contributed by atoms with Gasteiger partial charge in [-0.25, -0.2) is 4.98 Å². The molecule has 2 heterocycles. The third-order valence-corrected chi connectivity index (χ3v) is 6.02. The Labute approximate surface area is 196 Å². The molecular formula is C27H32N4O2. The van der Waals surface area contributed by atoms with Crippen molar-refractivity contribution in [1.82, 2.24) is 15.2 Å². The minimum atomic E-state index is -0.0882. The van der Waals surface area contributed by atoms with Crippen molar-refractivity contribution in [3.8, 4) is 5.88 Å². The maximum atomic E-state index is 12.6. The predicted octanol–water partition coefficient (Wildman–Crippen LogP) is 4.12. The highest BCUT2D eigenvalue weighted by atomic mass is 16.5. The van der Waals surface area contributed by atoms with Crippen LogP contribution in [0.5, 0.6) is 5.88 Å². The van der Waals surface area contributed by atoms with Crippen molar-refractivity contribution in [2.45, 2.75) is 33.0 Å². The standard InChI is InChI=1S/C27H32N4O2/c1-21(2)30-14-16-31(17-15-30)25-10-8-24(9-11-25)27(32)29-19-23-12-13-28-26(18-23)33-20-22-6-4-3-5-7-22/h3-13,18,21H,14-17,19-20H2,1-2H3,(H,29,32). The molecule has 2 aromatic carbocycles. The molecule has 33 heavy (non-hydrogen) atoms. The van der Waals surface area contributed by atoms with E-state index in [1.165, 1.54) is 5.69 Å². The maximum absolute atomic E-state index is 12.6. The van der Waals surface area contributed by atoms with Crippen LogP contribution in [-0.4, -0.2) is 48.0 Å². The number of anilines is 1. The van der Waals surface area contributed by atoms with Crippen LogP contribution in [0.25, 0.3) is 0 Å². The molecule has 1 aliphatic rings. The fraction of sp³-hybridized carbons (Fsp3) is 0.333. The quantitative estimate of drug-likeness (QED) is 0.566. The Hall–Kier alpha value is -3.38. The van der Waals surface area contributed by atoms with Crippen molar-refractivity contribution < 1.29 is 9.53 Å². The summed E-state index contributed by atoms with van der Waals surface area (Å²) < 4.78 is 5.78. The Bertz CT molecular complexity index is 1030. The lowest BCUT2D eigenvalue weighted by atomic mass is 10.1. The first-order chi connectivity index (χ1) is 16.1. The molecule has 1 saturated heterocycles. The summed E-state index contributed by atoms with van der Waals surface area (Å²) in [6.07, 6.45) is 1.70. The number of carbonyl (C=O) groups excluding carboxylic acids is 1. The lowest BCUT2D eigenvalue weighted by Gasteiger charge is -2.38. The molecule has 6 heteroatoms. The smallest absolute Gasteiger partial charge is 0.251 e. The van der Waals surface area contributed by atoms with Crippen LogP contribution in [0.3, 0.4) is 0 Å². The molecule has 1 N–H and O–H groups in total. The van der Waals surface area contributed by atoms with E-state index in [2.05, 4.69) is 33.9 Å². The van der Waals surface area contributed by atoms with Gasteiger partial charge in [-0.1, -0.05) is 30.3 Å². The SMILES string of the molecule is CC(C)N1CCN(c2ccc(C(=O)NCc3ccnc(OCc4ccccc4)c3)cc2)CC1. The van der Waals surface area contributed by atoms with E-state index >= 15 is 0 Å². The van der Waals surface area contributed by atoms with Gasteiger partial charge >= 0.3 is 0 Å². The van der Waals surface area contributed by atoms with Gasteiger partial charge in [-0.15, -0.1) is 0 Å². The van der Waals surface area contributed by atoms with E-state index in [-0.39, 0.29) is 5.91 Å². The van der Waals surface area contributed by atoms with Crippen LogP contribution in [0, 0.1) is 0 Å². The zero-order valence-electron chi connectivity index (χ0n) is 19.4. The van der Waals surface area contributed by atoms with E-state index in [1.807, 2.05) is 66.7 Å². The number of hydrogen-bond acceptors (Lipinski definition) is 5. The fourth-order valence-corrected chi connectivity index (χ4v) is 3.98. The highest BCUT2D eigenvalue weighted by Gasteiger charge is 2.19. The number of aromatic nitrogens is 1. The van der Waals surface area contributed by atoms with E-state index in [9.17, 15) is 4.79 Å². The molecule has 6 nitrogen and oxygen atoms in total. The van der Waals surface area contributed by atoms with Gasteiger partial charge in [0.15, 0.2) is 0 Å². The van der Waals surface area contributed by atoms with Gasteiger partial charge in [0.25, 0.3) is 5.91 Å². The number of pyridine rings is 1. The number of hydrogen-bond donors (Lipinski definition) is 1. The van der Waals surface area contributed by atoms with Crippen LogP contribution in [-0.2, 0) is 13.2 Å². The molecule has 0 saturated carbocycles. The summed E-state index contributed by atoms with van der Waals surface area (Å²) in [5.74, 6) is 0.460. The highest BCUT2D eigenvalue weighted by Crippen LogP contribution is 2.18. The fourth-order valence-electron chi connectivity index (χ4n) is 3.98. The number of benzene rings is 2. The zero-order chi connectivity index (χ0) is 23.0. The number of nitrogens with zero attached hydrogens (tertiary/aromatic N) is 3. The summed E-state index contributed by atoms with van der Waals surface area (Å²) in [5.41, 5.74) is 3.86. The lowest BCUT2D eigenvalue weighted by molar-refractivity contribution is 0.0951. The van der Waals surface area contributed by atoms with Crippen LogP contribution < -0.4 is 15.0 Å². The van der Waals surface area contributed by atoms with Crippen LogP contribution in [0.4, 0.5) is 5.69 Å². The van der Waals surface area contributed by atoms with Gasteiger partial charge in [-0.05, 0) is 55.3 Å². The van der Waals surface area contributed by atoms with Gasteiger partial charge < -0.3 is 15.0 Å². The topological polar surface area (TPSA) is 57.7 Å². The second-order valence-corrected chi connectivity index (χ2v) is 8.62. The molecule has 1 fully saturated rings. The molecular weight excluding hydrogens is 412 g/mol. The Morgan fingerprint density at radius 1 is 0.970 bits per heavy atom. The van der Waals surface area contributed by atoms with Crippen molar-refractivity contribution in [3.05, 3.63) is 89.6 Å². The van der Waals surface area contributed by atoms with Crippen molar-refractivity contribution in [2.75, 3.05) is 31.1 Å². The molecule has 0 unspecified atom stereocenters. The molecule has 0 bridgehead atoms. The first kappa shape index (κ1) is 22.8. The van der Waals surface area contributed by atoms with Crippen LogP contribution in [0.15, 0.2) is 72.9 Å². The van der Waals surface area contributed by atoms with Gasteiger partial charge in [-0.2, -0.15) is 0 Å². The average Bonchev–Trinajstić information content (AvgIpc) is 2.87. The van der Waals surface area contributed by atoms with Crippen LogP contribution >= 0.6 is 0 Å². The molecule has 4 rings (SSSR count). The summed E-state index contributed by atoms with van der Waals surface area (Å²) in [7, 11) is 0. The molecule has 1 aromatic heterocycles. The summed E-state index contributed by atoms with van der Waals surface area (Å²) in [6, 6.07) is 22.2. The summed E-state index contributed by atoms with van der Waals surface area (Å²) in [5, 5.41) is 2.99. The first-order valence-corrected chi connectivity index (χ1v) is 11.6. The van der Waals surface area contributed by atoms with Gasteiger partial charge in [0, 0.05) is 62.3 Å². The second kappa shape index (κ2) is 11.0. The Kier molecular flexibility index (Phi) is 7.58. The number of amides is 1. The van der Waals surface area contributed by atoms with Gasteiger partial charge in [0.2, 0.25) is 5.88 Å². The van der Waals surface area contributed by atoms with Crippen molar-refractivity contribution in [3.63, 3.8) is 0 Å². The van der Waals surface area contributed by atoms with Gasteiger partial charge in [0.1, 0.15) is 6.61 Å². The summed E-state index contributed by atoms with van der Waals surface area (Å²) in [4.78, 5) is 21.8. The highest BCUT2D eigenvalue weighted by molar-refractivity contribution is 5.94. The molecule has 0 atom stereocenters. The van der Waals surface area contributed by atoms with Crippen LogP contribution in [0.1, 0.15) is 35.3 Å². The van der Waals surface area contributed by atoms with Crippen molar-refractivity contribution in [2.24, 2.45) is 0 Å². The largest absolute Gasteiger partial charge is 0.473 e. The number of nitrogens with one attached hydrogen (secondary N) is 1. The second-order valence-electron chi connectivity index (χ2n) is 8.62. The molecule has 1 amide bonds. The molecule has 0 spiro atoms. The normalized spacial score (nSPS) is 14.3. The van der Waals surface area contributed by atoms with Gasteiger partial charge in [-0.3, -0.25) is 9.69 Å². The Morgan fingerprint density at radius 3 is 2.39 bits per heavy atom. The number of carbonyl (C=O) groups is 1. The number of ether oxygens (including phenoxy) is 1. The first-order valence-electron chi connectivity index (χ1n) is 11.6.